The summed E-state index contributed by atoms with van der Waals surface area (Å²) in [6.07, 6.45) is -8.20. The molecule has 0 bridgehead atoms. The number of halogens is 6. The minimum absolute atomic E-state index is 0.473. The van der Waals surface area contributed by atoms with Gasteiger partial charge in [-0.1, -0.05) is 0 Å². The van der Waals surface area contributed by atoms with Crippen LogP contribution in [0.3, 0.4) is 0 Å². The molecule has 4 nitrogen and oxygen atoms in total. The Hall–Kier alpha value is -1.07. The monoisotopic (exact) mass is 368 g/mol. The predicted octanol–water partition coefficient (Wildman–Crippen LogP) is 3.55. The van der Waals surface area contributed by atoms with Crippen molar-refractivity contribution in [3.63, 3.8) is 0 Å². The Balaban J connectivity index is 3.56. The van der Waals surface area contributed by atoms with E-state index in [2.05, 4.69) is 4.98 Å². The number of hydrogen-bond donors (Lipinski definition) is 0. The first-order valence-electron chi connectivity index (χ1n) is 3.84. The van der Waals surface area contributed by atoms with E-state index >= 15 is 0 Å². The number of pyridine rings is 1. The van der Waals surface area contributed by atoms with Gasteiger partial charge in [0.05, 0.1) is 0 Å². The third kappa shape index (κ3) is 2.98. The molecular formula is C7H2F5IN2O2. The highest BCUT2D eigenvalue weighted by Crippen LogP contribution is 2.39. The molecule has 0 spiro atoms. The van der Waals surface area contributed by atoms with Gasteiger partial charge in [-0.05, 0) is 32.5 Å². The van der Waals surface area contributed by atoms with Gasteiger partial charge < -0.3 is 10.1 Å². The van der Waals surface area contributed by atoms with Crippen LogP contribution in [0.25, 0.3) is 0 Å². The molecular weight excluding hydrogens is 366 g/mol. The highest BCUT2D eigenvalue weighted by atomic mass is 127. The Morgan fingerprint density at radius 2 is 1.94 bits per heavy atom. The molecule has 1 aromatic rings. The van der Waals surface area contributed by atoms with Crippen molar-refractivity contribution in [3.8, 4) is 0 Å². The Morgan fingerprint density at radius 3 is 2.29 bits per heavy atom. The minimum atomic E-state index is -5.02. The average molecular weight is 368 g/mol. The van der Waals surface area contributed by atoms with Gasteiger partial charge in [0.1, 0.15) is 0 Å². The van der Waals surface area contributed by atoms with Crippen LogP contribution in [0.2, 0.25) is 0 Å². The van der Waals surface area contributed by atoms with Crippen LogP contribution in [0.4, 0.5) is 27.8 Å². The zero-order valence-electron chi connectivity index (χ0n) is 7.63. The van der Waals surface area contributed by atoms with E-state index in [9.17, 15) is 32.1 Å². The van der Waals surface area contributed by atoms with Crippen LogP contribution in [0.15, 0.2) is 6.07 Å². The molecule has 1 aromatic heterocycles. The summed E-state index contributed by atoms with van der Waals surface area (Å²) in [6.45, 7) is 0. The topological polar surface area (TPSA) is 56.0 Å². The van der Waals surface area contributed by atoms with Gasteiger partial charge in [0, 0.05) is 9.64 Å². The number of aromatic nitrogens is 1. The number of rotatable bonds is 2. The lowest BCUT2D eigenvalue weighted by Crippen LogP contribution is -2.14. The summed E-state index contributed by atoms with van der Waals surface area (Å²) in [4.78, 5) is 11.7. The minimum Gasteiger partial charge on any atom is -0.358 e. The van der Waals surface area contributed by atoms with Gasteiger partial charge in [0.2, 0.25) is 5.69 Å². The molecule has 0 aliphatic carbocycles. The second kappa shape index (κ2) is 4.66. The van der Waals surface area contributed by atoms with E-state index in [0.717, 1.165) is 22.6 Å². The van der Waals surface area contributed by atoms with E-state index in [1.807, 2.05) is 0 Å². The zero-order chi connectivity index (χ0) is 13.4. The first-order chi connectivity index (χ1) is 7.64. The summed E-state index contributed by atoms with van der Waals surface area (Å²) < 4.78 is 61.2. The van der Waals surface area contributed by atoms with Crippen LogP contribution in [0.5, 0.6) is 0 Å². The van der Waals surface area contributed by atoms with Crippen LogP contribution in [-0.2, 0) is 6.18 Å². The summed E-state index contributed by atoms with van der Waals surface area (Å²) in [5, 5.41) is 10.4. The lowest BCUT2D eigenvalue weighted by Gasteiger charge is -2.09. The Kier molecular flexibility index (Phi) is 3.84. The van der Waals surface area contributed by atoms with E-state index in [-0.39, 0.29) is 0 Å². The molecule has 0 amide bonds. The van der Waals surface area contributed by atoms with E-state index < -0.39 is 38.2 Å². The van der Waals surface area contributed by atoms with Crippen LogP contribution in [-0.4, -0.2) is 9.91 Å². The molecule has 0 aliphatic heterocycles. The molecule has 0 radical (unpaired) electrons. The summed E-state index contributed by atoms with van der Waals surface area (Å²) in [5.41, 5.74) is -2.68. The predicted molar refractivity (Wildman–Crippen MR) is 53.6 cm³/mol. The van der Waals surface area contributed by atoms with E-state index in [4.69, 9.17) is 0 Å². The molecule has 17 heavy (non-hydrogen) atoms. The first kappa shape index (κ1) is 14.0. The second-order valence-electron chi connectivity index (χ2n) is 2.78. The maximum absolute atomic E-state index is 12.5. The van der Waals surface area contributed by atoms with Gasteiger partial charge in [-0.3, -0.25) is 0 Å². The van der Waals surface area contributed by atoms with Gasteiger partial charge in [-0.25, -0.2) is 8.78 Å². The number of hydrogen-bond acceptors (Lipinski definition) is 3. The van der Waals surface area contributed by atoms with Crippen molar-refractivity contribution in [2.75, 3.05) is 0 Å². The van der Waals surface area contributed by atoms with Crippen molar-refractivity contribution in [2.24, 2.45) is 0 Å². The normalized spacial score (nSPS) is 11.9. The molecule has 0 saturated heterocycles. The van der Waals surface area contributed by atoms with Crippen molar-refractivity contribution in [1.29, 1.82) is 0 Å². The summed E-state index contributed by atoms with van der Waals surface area (Å²) >= 11 is 1.11. The van der Waals surface area contributed by atoms with Crippen molar-refractivity contribution in [1.82, 2.24) is 4.98 Å². The fraction of sp³-hybridized carbons (Fsp3) is 0.286. The Labute approximate surface area is 104 Å². The molecule has 0 unspecified atom stereocenters. The number of nitro groups is 1. The molecule has 0 N–H and O–H groups in total. The molecule has 0 saturated carbocycles. The highest BCUT2D eigenvalue weighted by molar-refractivity contribution is 14.1. The number of nitrogens with zero attached hydrogens (tertiary/aromatic N) is 2. The van der Waals surface area contributed by atoms with E-state index in [1.165, 1.54) is 0 Å². The highest BCUT2D eigenvalue weighted by Gasteiger charge is 2.43. The fourth-order valence-electron chi connectivity index (χ4n) is 1.03. The van der Waals surface area contributed by atoms with Gasteiger partial charge in [0.25, 0.3) is 0 Å². The van der Waals surface area contributed by atoms with Gasteiger partial charge in [0.15, 0.2) is 5.56 Å². The fourth-order valence-corrected chi connectivity index (χ4v) is 1.89. The molecule has 10 heteroatoms. The SMILES string of the molecule is O=[N+]([O-])c1nc(C(F)F)cc(I)c1C(F)(F)F. The van der Waals surface area contributed by atoms with E-state index in [0.29, 0.717) is 6.07 Å². The lowest BCUT2D eigenvalue weighted by molar-refractivity contribution is -0.393. The van der Waals surface area contributed by atoms with Gasteiger partial charge >= 0.3 is 18.4 Å². The summed E-state index contributed by atoms with van der Waals surface area (Å²) in [5.74, 6) is -1.61. The van der Waals surface area contributed by atoms with Crippen LogP contribution >= 0.6 is 22.6 Å². The van der Waals surface area contributed by atoms with Crippen LogP contribution < -0.4 is 0 Å². The van der Waals surface area contributed by atoms with Crippen LogP contribution in [0, 0.1) is 13.7 Å². The first-order valence-corrected chi connectivity index (χ1v) is 4.92. The lowest BCUT2D eigenvalue weighted by atomic mass is 10.2. The quantitative estimate of drug-likeness (QED) is 0.347. The molecule has 0 aliphatic rings. The Morgan fingerprint density at radius 1 is 1.41 bits per heavy atom. The molecule has 1 rings (SSSR count). The van der Waals surface area contributed by atoms with Crippen molar-refractivity contribution >= 4 is 28.4 Å². The maximum Gasteiger partial charge on any atom is 0.425 e. The largest absolute Gasteiger partial charge is 0.425 e. The van der Waals surface area contributed by atoms with Gasteiger partial charge in [-0.15, -0.1) is 0 Å². The smallest absolute Gasteiger partial charge is 0.358 e. The zero-order valence-corrected chi connectivity index (χ0v) is 9.79. The van der Waals surface area contributed by atoms with Gasteiger partial charge in [-0.2, -0.15) is 13.2 Å². The molecule has 0 aromatic carbocycles. The third-order valence-corrected chi connectivity index (χ3v) is 2.50. The maximum atomic E-state index is 12.5. The van der Waals surface area contributed by atoms with Crippen molar-refractivity contribution < 1.29 is 26.9 Å². The Bertz CT molecular complexity index is 462. The molecule has 0 atom stereocenters. The number of alkyl halides is 5. The average Bonchev–Trinajstić information content (AvgIpc) is 2.13. The third-order valence-electron chi connectivity index (χ3n) is 1.65. The summed E-state index contributed by atoms with van der Waals surface area (Å²) in [7, 11) is 0. The van der Waals surface area contributed by atoms with Crippen LogP contribution in [0.1, 0.15) is 17.7 Å². The second-order valence-corrected chi connectivity index (χ2v) is 3.95. The van der Waals surface area contributed by atoms with E-state index in [1.54, 1.807) is 0 Å². The standard InChI is InChI=1S/C7H2F5IN2O2/c8-5(9)3-1-2(13)4(7(10,11)12)6(14-3)15(16)17/h1,5H. The molecule has 94 valence electrons. The van der Waals surface area contributed by atoms with Crippen molar-refractivity contribution in [2.45, 2.75) is 12.6 Å². The molecule has 0 fully saturated rings. The summed E-state index contributed by atoms with van der Waals surface area (Å²) in [6, 6.07) is 0.473. The van der Waals surface area contributed by atoms with Crippen molar-refractivity contribution in [3.05, 3.63) is 31.0 Å². The molecule has 1 heterocycles.